The van der Waals surface area contributed by atoms with E-state index >= 15 is 0 Å². The number of non-ortho nitro benzene ring substituents is 1. The summed E-state index contributed by atoms with van der Waals surface area (Å²) < 4.78 is 32.6. The van der Waals surface area contributed by atoms with Crippen LogP contribution in [0.25, 0.3) is 0 Å². The lowest BCUT2D eigenvalue weighted by Crippen LogP contribution is -2.50. The number of amides is 1. The maximum atomic E-state index is 12.5. The summed E-state index contributed by atoms with van der Waals surface area (Å²) in [4.78, 5) is 22.2. The lowest BCUT2D eigenvalue weighted by atomic mass is 10.0. The van der Waals surface area contributed by atoms with Gasteiger partial charge < -0.3 is 15.2 Å². The molecule has 0 spiro atoms. The quantitative estimate of drug-likeness (QED) is 0.370. The Balaban J connectivity index is 2.13. The first-order chi connectivity index (χ1) is 15.3. The number of nitro benzene ring substituents is 1. The number of aryl methyl sites for hydroxylation is 1. The fraction of sp³-hybridized carbons (Fsp3) is 0.409. The standard InChI is InChI=1S/C22H29N3O7S/c1-15-5-7-16(8-6-15)13-19(24-21(27)32-22(2,3)4)20(26)14-23-33(30,31)18-11-9-17(10-12-18)25(28)29/h5-12,19-20,23,26H,13-14H2,1-4H3,(H,24,27)/t19-,20-/m0/s1. The molecule has 10 nitrogen and oxygen atoms in total. The van der Waals surface area contributed by atoms with Gasteiger partial charge >= 0.3 is 6.09 Å². The molecule has 0 aromatic heterocycles. The monoisotopic (exact) mass is 479 g/mol. The van der Waals surface area contributed by atoms with Gasteiger partial charge in [0.05, 0.1) is 22.0 Å². The molecule has 0 aliphatic heterocycles. The zero-order valence-corrected chi connectivity index (χ0v) is 19.8. The summed E-state index contributed by atoms with van der Waals surface area (Å²) in [5, 5.41) is 24.1. The number of carbonyl (C=O) groups excluding carboxylic acids is 1. The molecule has 2 rings (SSSR count). The molecule has 0 bridgehead atoms. The number of aliphatic hydroxyl groups is 1. The number of nitro groups is 1. The Bertz CT molecular complexity index is 1060. The minimum absolute atomic E-state index is 0.185. The summed E-state index contributed by atoms with van der Waals surface area (Å²) in [5.74, 6) is 0. The number of nitrogens with one attached hydrogen (secondary N) is 2. The number of alkyl carbamates (subject to hydrolysis) is 1. The van der Waals surface area contributed by atoms with Crippen LogP contribution in [0, 0.1) is 17.0 Å². The molecule has 0 aliphatic rings. The second kappa shape index (κ2) is 10.7. The van der Waals surface area contributed by atoms with E-state index in [1.807, 2.05) is 31.2 Å². The van der Waals surface area contributed by atoms with Gasteiger partial charge in [0, 0.05) is 18.7 Å². The van der Waals surface area contributed by atoms with Crippen LogP contribution < -0.4 is 10.0 Å². The highest BCUT2D eigenvalue weighted by Gasteiger charge is 2.27. The Morgan fingerprint density at radius 2 is 1.70 bits per heavy atom. The van der Waals surface area contributed by atoms with Crippen molar-refractivity contribution < 1.29 is 28.0 Å². The van der Waals surface area contributed by atoms with Crippen molar-refractivity contribution in [3.8, 4) is 0 Å². The second-order valence-electron chi connectivity index (χ2n) is 8.61. The van der Waals surface area contributed by atoms with Crippen LogP contribution in [-0.4, -0.2) is 48.8 Å². The maximum Gasteiger partial charge on any atom is 0.407 e. The summed E-state index contributed by atoms with van der Waals surface area (Å²) in [7, 11) is -4.04. The van der Waals surface area contributed by atoms with Crippen LogP contribution in [0.2, 0.25) is 0 Å². The van der Waals surface area contributed by atoms with Crippen molar-refractivity contribution in [2.45, 2.75) is 56.8 Å². The fourth-order valence-corrected chi connectivity index (χ4v) is 3.94. The molecular formula is C22H29N3O7S. The highest BCUT2D eigenvalue weighted by Crippen LogP contribution is 2.16. The Hall–Kier alpha value is -3.02. The highest BCUT2D eigenvalue weighted by molar-refractivity contribution is 7.89. The van der Waals surface area contributed by atoms with Crippen LogP contribution in [-0.2, 0) is 21.2 Å². The topological polar surface area (TPSA) is 148 Å². The predicted molar refractivity (Wildman–Crippen MR) is 122 cm³/mol. The van der Waals surface area contributed by atoms with Crippen molar-refractivity contribution in [3.63, 3.8) is 0 Å². The minimum Gasteiger partial charge on any atom is -0.444 e. The molecule has 0 fully saturated rings. The lowest BCUT2D eigenvalue weighted by Gasteiger charge is -2.27. The van der Waals surface area contributed by atoms with Crippen molar-refractivity contribution in [1.29, 1.82) is 0 Å². The van der Waals surface area contributed by atoms with E-state index in [4.69, 9.17) is 4.74 Å². The number of nitrogens with zero attached hydrogens (tertiary/aromatic N) is 1. The van der Waals surface area contributed by atoms with Crippen LogP contribution in [0.5, 0.6) is 0 Å². The molecular weight excluding hydrogens is 450 g/mol. The van der Waals surface area contributed by atoms with Gasteiger partial charge in [0.1, 0.15) is 5.60 Å². The van der Waals surface area contributed by atoms with E-state index in [1.165, 1.54) is 0 Å². The predicted octanol–water partition coefficient (Wildman–Crippen LogP) is 2.68. The highest BCUT2D eigenvalue weighted by atomic mass is 32.2. The van der Waals surface area contributed by atoms with Gasteiger partial charge in [-0.05, 0) is 51.8 Å². The number of hydrogen-bond donors (Lipinski definition) is 3. The first-order valence-corrected chi connectivity index (χ1v) is 11.7. The third-order valence-corrected chi connectivity index (χ3v) is 6.02. The molecule has 0 radical (unpaired) electrons. The summed E-state index contributed by atoms with van der Waals surface area (Å²) >= 11 is 0. The molecule has 33 heavy (non-hydrogen) atoms. The van der Waals surface area contributed by atoms with Crippen molar-refractivity contribution in [2.75, 3.05) is 6.54 Å². The molecule has 0 unspecified atom stereocenters. The van der Waals surface area contributed by atoms with Crippen LogP contribution in [0.3, 0.4) is 0 Å². The van der Waals surface area contributed by atoms with Gasteiger partial charge in [-0.2, -0.15) is 0 Å². The molecule has 0 aliphatic carbocycles. The Morgan fingerprint density at radius 1 is 1.12 bits per heavy atom. The summed E-state index contributed by atoms with van der Waals surface area (Å²) in [6.45, 7) is 6.65. The molecule has 0 saturated heterocycles. The third kappa shape index (κ3) is 8.44. The van der Waals surface area contributed by atoms with E-state index in [0.717, 1.165) is 35.4 Å². The Kier molecular flexibility index (Phi) is 8.53. The maximum absolute atomic E-state index is 12.5. The smallest absolute Gasteiger partial charge is 0.407 e. The van der Waals surface area contributed by atoms with Gasteiger partial charge in [0.2, 0.25) is 10.0 Å². The van der Waals surface area contributed by atoms with Crippen LogP contribution in [0.1, 0.15) is 31.9 Å². The van der Waals surface area contributed by atoms with Crippen molar-refractivity contribution in [1.82, 2.24) is 10.0 Å². The second-order valence-corrected chi connectivity index (χ2v) is 10.4. The molecule has 0 heterocycles. The molecule has 2 atom stereocenters. The molecule has 2 aromatic rings. The summed E-state index contributed by atoms with van der Waals surface area (Å²) in [5.41, 5.74) is 0.889. The van der Waals surface area contributed by atoms with Gasteiger partial charge in [0.15, 0.2) is 0 Å². The molecule has 3 N–H and O–H groups in total. The molecule has 1 amide bonds. The van der Waals surface area contributed by atoms with Crippen molar-refractivity contribution in [2.24, 2.45) is 0 Å². The number of sulfonamides is 1. The van der Waals surface area contributed by atoms with Gasteiger partial charge in [-0.3, -0.25) is 10.1 Å². The molecule has 11 heteroatoms. The van der Waals surface area contributed by atoms with Gasteiger partial charge in [0.25, 0.3) is 5.69 Å². The largest absolute Gasteiger partial charge is 0.444 e. The van der Waals surface area contributed by atoms with Crippen LogP contribution in [0.4, 0.5) is 10.5 Å². The summed E-state index contributed by atoms with van der Waals surface area (Å²) in [6, 6.07) is 11.0. The van der Waals surface area contributed by atoms with Gasteiger partial charge in [-0.1, -0.05) is 29.8 Å². The minimum atomic E-state index is -4.04. The van der Waals surface area contributed by atoms with E-state index in [0.29, 0.717) is 0 Å². The van der Waals surface area contributed by atoms with Gasteiger partial charge in [-0.25, -0.2) is 17.9 Å². The number of carbonyl (C=O) groups is 1. The molecule has 180 valence electrons. The molecule has 2 aromatic carbocycles. The van der Waals surface area contributed by atoms with Crippen molar-refractivity contribution >= 4 is 21.8 Å². The van der Waals surface area contributed by atoms with Crippen LogP contribution in [0.15, 0.2) is 53.4 Å². The SMILES string of the molecule is Cc1ccc(C[C@H](NC(=O)OC(C)(C)C)[C@@H](O)CNS(=O)(=O)c2ccc([N+](=O)[O-])cc2)cc1. The van der Waals surface area contributed by atoms with E-state index in [-0.39, 0.29) is 17.0 Å². The van der Waals surface area contributed by atoms with Crippen LogP contribution >= 0.6 is 0 Å². The normalized spacial score (nSPS) is 13.7. The van der Waals surface area contributed by atoms with E-state index in [1.54, 1.807) is 20.8 Å². The average molecular weight is 480 g/mol. The van der Waals surface area contributed by atoms with Gasteiger partial charge in [-0.15, -0.1) is 0 Å². The zero-order chi connectivity index (χ0) is 24.8. The third-order valence-electron chi connectivity index (χ3n) is 4.58. The fourth-order valence-electron chi connectivity index (χ4n) is 2.89. The first kappa shape index (κ1) is 26.2. The Morgan fingerprint density at radius 3 is 2.21 bits per heavy atom. The van der Waals surface area contributed by atoms with E-state index in [2.05, 4.69) is 10.0 Å². The van der Waals surface area contributed by atoms with E-state index < -0.39 is 45.3 Å². The Labute approximate surface area is 193 Å². The molecule has 0 saturated carbocycles. The van der Waals surface area contributed by atoms with Crippen molar-refractivity contribution in [3.05, 3.63) is 69.8 Å². The summed E-state index contributed by atoms with van der Waals surface area (Å²) in [6.07, 6.45) is -1.79. The number of ether oxygens (including phenoxy) is 1. The number of aliphatic hydroxyl groups excluding tert-OH is 1. The number of benzene rings is 2. The zero-order valence-electron chi connectivity index (χ0n) is 18.9. The lowest BCUT2D eigenvalue weighted by molar-refractivity contribution is -0.384. The number of hydrogen-bond acceptors (Lipinski definition) is 7. The van der Waals surface area contributed by atoms with E-state index in [9.17, 15) is 28.4 Å². The number of rotatable bonds is 9. The first-order valence-electron chi connectivity index (χ1n) is 10.2. The average Bonchev–Trinajstić information content (AvgIpc) is 2.72.